The molecule has 0 aliphatic rings. The summed E-state index contributed by atoms with van der Waals surface area (Å²) >= 11 is 2.20. The summed E-state index contributed by atoms with van der Waals surface area (Å²) in [6, 6.07) is 19.0. The van der Waals surface area contributed by atoms with Crippen molar-refractivity contribution in [2.75, 3.05) is 13.2 Å². The fourth-order valence-corrected chi connectivity index (χ4v) is 4.96. The Morgan fingerprint density at radius 2 is 1.32 bits per heavy atom. The van der Waals surface area contributed by atoms with Crippen molar-refractivity contribution in [2.45, 2.75) is 25.7 Å². The van der Waals surface area contributed by atoms with Gasteiger partial charge in [-0.05, 0) is 78.9 Å². The predicted molar refractivity (Wildman–Crippen MR) is 136 cm³/mol. The lowest BCUT2D eigenvalue weighted by molar-refractivity contribution is 0.0536. The van der Waals surface area contributed by atoms with Gasteiger partial charge in [0.15, 0.2) is 23.2 Å². The van der Waals surface area contributed by atoms with E-state index in [4.69, 9.17) is 9.84 Å². The van der Waals surface area contributed by atoms with Crippen LogP contribution in [0.3, 0.4) is 0 Å². The van der Waals surface area contributed by atoms with Gasteiger partial charge in [-0.3, -0.25) is 4.79 Å². The first-order chi connectivity index (χ1) is 18.2. The lowest BCUT2D eigenvalue weighted by Gasteiger charge is -2.10. The molecule has 10 heteroatoms. The molecule has 4 aromatic rings. The summed E-state index contributed by atoms with van der Waals surface area (Å²) in [5, 5.41) is 18.2. The summed E-state index contributed by atoms with van der Waals surface area (Å²) in [7, 11) is 0. The lowest BCUT2D eigenvalue weighted by Crippen LogP contribution is -2.21. The fourth-order valence-electron chi connectivity index (χ4n) is 3.27. The van der Waals surface area contributed by atoms with E-state index in [1.165, 1.54) is 24.3 Å². The SMILES string of the molecule is O=C(c1ccc(OCC(O)CO)cc1)c1ccc(Sc2ccc(Sc3cc(F)c(F)c(F)c3)cc2)c(F)c1. The van der Waals surface area contributed by atoms with Gasteiger partial charge in [0, 0.05) is 30.7 Å². The maximum Gasteiger partial charge on any atom is 0.194 e. The largest absolute Gasteiger partial charge is 0.491 e. The van der Waals surface area contributed by atoms with Crippen LogP contribution in [0.15, 0.2) is 98.4 Å². The van der Waals surface area contributed by atoms with Gasteiger partial charge in [0.2, 0.25) is 0 Å². The number of aliphatic hydroxyl groups is 2. The van der Waals surface area contributed by atoms with Crippen LogP contribution < -0.4 is 4.74 Å². The van der Waals surface area contributed by atoms with Crippen LogP contribution in [-0.2, 0) is 0 Å². The normalized spacial score (nSPS) is 11.8. The van der Waals surface area contributed by atoms with Crippen LogP contribution >= 0.6 is 23.5 Å². The summed E-state index contributed by atoms with van der Waals surface area (Å²) < 4.78 is 60.1. The van der Waals surface area contributed by atoms with E-state index in [-0.39, 0.29) is 22.8 Å². The van der Waals surface area contributed by atoms with Crippen LogP contribution in [0.25, 0.3) is 0 Å². The van der Waals surface area contributed by atoms with E-state index in [2.05, 4.69) is 0 Å². The number of hydrogen-bond donors (Lipinski definition) is 2. The highest BCUT2D eigenvalue weighted by Gasteiger charge is 2.14. The Hall–Kier alpha value is -3.31. The van der Waals surface area contributed by atoms with E-state index in [0.717, 1.165) is 41.7 Å². The van der Waals surface area contributed by atoms with Crippen molar-refractivity contribution in [3.63, 3.8) is 0 Å². The third-order valence-electron chi connectivity index (χ3n) is 5.21. The van der Waals surface area contributed by atoms with Gasteiger partial charge >= 0.3 is 0 Å². The van der Waals surface area contributed by atoms with Crippen LogP contribution in [0.1, 0.15) is 15.9 Å². The molecule has 196 valence electrons. The van der Waals surface area contributed by atoms with Gasteiger partial charge in [0.05, 0.1) is 6.61 Å². The average Bonchev–Trinajstić information content (AvgIpc) is 2.92. The Bertz CT molecular complexity index is 1410. The third-order valence-corrected chi connectivity index (χ3v) is 7.25. The molecule has 0 fully saturated rings. The molecule has 4 aromatic carbocycles. The molecule has 1 unspecified atom stereocenters. The highest BCUT2D eigenvalue weighted by atomic mass is 32.2. The number of carbonyl (C=O) groups excluding carboxylic acids is 1. The van der Waals surface area contributed by atoms with Crippen molar-refractivity contribution in [3.05, 3.63) is 113 Å². The zero-order valence-electron chi connectivity index (χ0n) is 19.5. The van der Waals surface area contributed by atoms with E-state index in [1.807, 2.05) is 0 Å². The molecule has 1 atom stereocenters. The van der Waals surface area contributed by atoms with Gasteiger partial charge in [-0.1, -0.05) is 23.5 Å². The Morgan fingerprint density at radius 1 is 0.737 bits per heavy atom. The zero-order valence-corrected chi connectivity index (χ0v) is 21.2. The highest BCUT2D eigenvalue weighted by Crippen LogP contribution is 2.34. The fraction of sp³-hybridized carbons (Fsp3) is 0.107. The van der Waals surface area contributed by atoms with Crippen LogP contribution in [0.2, 0.25) is 0 Å². The summed E-state index contributed by atoms with van der Waals surface area (Å²) in [5.74, 6) is -4.59. The average molecular weight is 561 g/mol. The quantitative estimate of drug-likeness (QED) is 0.131. The molecule has 4 rings (SSSR count). The maximum absolute atomic E-state index is 14.8. The Kier molecular flexibility index (Phi) is 9.11. The Labute approximate surface area is 224 Å². The molecule has 0 aliphatic carbocycles. The second kappa shape index (κ2) is 12.5. The van der Waals surface area contributed by atoms with E-state index >= 15 is 0 Å². The van der Waals surface area contributed by atoms with Crippen LogP contribution in [0.5, 0.6) is 5.75 Å². The van der Waals surface area contributed by atoms with Crippen molar-refractivity contribution in [1.29, 1.82) is 0 Å². The number of benzene rings is 4. The van der Waals surface area contributed by atoms with Crippen molar-refractivity contribution in [1.82, 2.24) is 0 Å². The summed E-state index contributed by atoms with van der Waals surface area (Å²) in [4.78, 5) is 14.6. The number of ether oxygens (including phenoxy) is 1. The molecule has 0 radical (unpaired) electrons. The van der Waals surface area contributed by atoms with Crippen LogP contribution in [0.4, 0.5) is 17.6 Å². The first-order valence-corrected chi connectivity index (χ1v) is 12.8. The first kappa shape index (κ1) is 27.7. The molecule has 0 aromatic heterocycles. The predicted octanol–water partition coefficient (Wildman–Crippen LogP) is 6.51. The second-order valence-electron chi connectivity index (χ2n) is 8.02. The zero-order chi connectivity index (χ0) is 27.2. The lowest BCUT2D eigenvalue weighted by atomic mass is 10.0. The maximum atomic E-state index is 14.8. The molecule has 2 N–H and O–H groups in total. The molecule has 0 saturated heterocycles. The number of ketones is 1. The van der Waals surface area contributed by atoms with Gasteiger partial charge in [-0.15, -0.1) is 0 Å². The van der Waals surface area contributed by atoms with E-state index < -0.39 is 36.0 Å². The summed E-state index contributed by atoms with van der Waals surface area (Å²) in [5.41, 5.74) is 0.496. The number of halogens is 4. The second-order valence-corrected chi connectivity index (χ2v) is 10.3. The Morgan fingerprint density at radius 3 is 1.89 bits per heavy atom. The molecule has 0 amide bonds. The minimum absolute atomic E-state index is 0.0933. The molecule has 0 bridgehead atoms. The van der Waals surface area contributed by atoms with Gasteiger partial charge in [-0.25, -0.2) is 17.6 Å². The number of aliphatic hydroxyl groups excluding tert-OH is 2. The number of hydrogen-bond acceptors (Lipinski definition) is 6. The topological polar surface area (TPSA) is 66.8 Å². The van der Waals surface area contributed by atoms with Crippen LogP contribution in [0, 0.1) is 23.3 Å². The molecular weight excluding hydrogens is 540 g/mol. The van der Waals surface area contributed by atoms with Gasteiger partial charge in [0.1, 0.15) is 24.3 Å². The van der Waals surface area contributed by atoms with E-state index in [1.54, 1.807) is 36.4 Å². The number of carbonyl (C=O) groups is 1. The molecule has 0 heterocycles. The van der Waals surface area contributed by atoms with Gasteiger partial charge in [-0.2, -0.15) is 0 Å². The first-order valence-electron chi connectivity index (χ1n) is 11.2. The molecule has 0 aliphatic heterocycles. The summed E-state index contributed by atoms with van der Waals surface area (Å²) in [6.07, 6.45) is -1.01. The molecule has 4 nitrogen and oxygen atoms in total. The van der Waals surface area contributed by atoms with Crippen molar-refractivity contribution in [3.8, 4) is 5.75 Å². The van der Waals surface area contributed by atoms with Gasteiger partial charge < -0.3 is 14.9 Å². The van der Waals surface area contributed by atoms with E-state index in [9.17, 15) is 27.5 Å². The molecule has 0 saturated carbocycles. The van der Waals surface area contributed by atoms with E-state index in [0.29, 0.717) is 26.0 Å². The standard InChI is InChI=1S/C28H20F4O4S2/c29-23-11-17(28(35)16-1-4-19(5-2-16)36-15-18(34)14-33)3-10-26(23)38-21-8-6-20(7-9-21)37-22-12-24(30)27(32)25(31)13-22/h1-13,18,33-34H,14-15H2. The number of rotatable bonds is 10. The monoisotopic (exact) mass is 560 g/mol. The van der Waals surface area contributed by atoms with Crippen molar-refractivity contribution in [2.24, 2.45) is 0 Å². The van der Waals surface area contributed by atoms with Crippen molar-refractivity contribution < 1.29 is 37.3 Å². The molecular formula is C28H20F4O4S2. The highest BCUT2D eigenvalue weighted by molar-refractivity contribution is 7.99. The third kappa shape index (κ3) is 6.96. The Balaban J connectivity index is 1.39. The van der Waals surface area contributed by atoms with Gasteiger partial charge in [0.25, 0.3) is 0 Å². The van der Waals surface area contributed by atoms with Crippen molar-refractivity contribution >= 4 is 29.3 Å². The minimum Gasteiger partial charge on any atom is -0.491 e. The minimum atomic E-state index is -1.52. The van der Waals surface area contributed by atoms with Crippen LogP contribution in [-0.4, -0.2) is 35.3 Å². The smallest absolute Gasteiger partial charge is 0.194 e. The molecule has 0 spiro atoms. The molecule has 38 heavy (non-hydrogen) atoms. The summed E-state index contributed by atoms with van der Waals surface area (Å²) in [6.45, 7) is -0.521.